The number of hydrogen-bond acceptors (Lipinski definition) is 0. The van der Waals surface area contributed by atoms with Crippen LogP contribution in [0, 0.1) is 12.3 Å². The molecule has 1 heterocycles. The summed E-state index contributed by atoms with van der Waals surface area (Å²) in [6.45, 7) is 9.11. The highest BCUT2D eigenvalue weighted by atomic mass is 14.9. The number of aryl methyl sites for hydroxylation is 2. The molecule has 0 saturated heterocycles. The van der Waals surface area contributed by atoms with Crippen LogP contribution in [-0.4, -0.2) is 0 Å². The van der Waals surface area contributed by atoms with Crippen LogP contribution in [0.1, 0.15) is 31.9 Å². The van der Waals surface area contributed by atoms with Crippen LogP contribution < -0.4 is 4.57 Å². The van der Waals surface area contributed by atoms with E-state index in [9.17, 15) is 0 Å². The standard InChI is InChI=1S/C28H30N/c1-20-17-23(22-9-7-6-8-10-22)12-14-25(20)27-26-13-11-21(19-28(2,3)4)18-24(26)15-16-29(27)5/h6-18H,19H2,1-5H3/q+1. The molecule has 0 saturated carbocycles. The van der Waals surface area contributed by atoms with Gasteiger partial charge in [0.25, 0.3) is 0 Å². The van der Waals surface area contributed by atoms with Crippen LogP contribution in [-0.2, 0) is 13.5 Å². The van der Waals surface area contributed by atoms with Crippen molar-refractivity contribution < 1.29 is 4.57 Å². The Morgan fingerprint density at radius 3 is 2.24 bits per heavy atom. The zero-order valence-electron chi connectivity index (χ0n) is 18.2. The second-order valence-electron chi connectivity index (χ2n) is 9.33. The van der Waals surface area contributed by atoms with Crippen molar-refractivity contribution in [1.82, 2.24) is 0 Å². The SMILES string of the molecule is Cc1cc(-c2ccccc2)ccc1-c1c2ccc(CC(C)(C)C)cc2cc[n+]1C. The van der Waals surface area contributed by atoms with Gasteiger partial charge in [-0.05, 0) is 58.5 Å². The van der Waals surface area contributed by atoms with Gasteiger partial charge in [0.15, 0.2) is 6.20 Å². The van der Waals surface area contributed by atoms with Crippen molar-refractivity contribution in [3.05, 3.63) is 90.1 Å². The van der Waals surface area contributed by atoms with E-state index in [2.05, 4.69) is 118 Å². The van der Waals surface area contributed by atoms with Crippen molar-refractivity contribution in [3.63, 3.8) is 0 Å². The number of benzene rings is 3. The minimum atomic E-state index is 0.291. The molecule has 0 N–H and O–H groups in total. The number of aromatic nitrogens is 1. The normalized spacial score (nSPS) is 11.8. The fourth-order valence-electron chi connectivity index (χ4n) is 4.22. The van der Waals surface area contributed by atoms with Crippen LogP contribution in [0.2, 0.25) is 0 Å². The van der Waals surface area contributed by atoms with Gasteiger partial charge in [0.05, 0.1) is 5.39 Å². The van der Waals surface area contributed by atoms with Crippen LogP contribution in [0.25, 0.3) is 33.2 Å². The summed E-state index contributed by atoms with van der Waals surface area (Å²) in [5, 5.41) is 2.62. The number of fused-ring (bicyclic) bond motifs is 1. The summed E-state index contributed by atoms with van der Waals surface area (Å²) in [7, 11) is 2.14. The first-order chi connectivity index (χ1) is 13.8. The predicted molar refractivity (Wildman–Crippen MR) is 124 cm³/mol. The molecule has 3 aromatic carbocycles. The smallest absolute Gasteiger partial charge is 0.200 e. The Morgan fingerprint density at radius 1 is 0.793 bits per heavy atom. The molecule has 0 aliphatic heterocycles. The highest BCUT2D eigenvalue weighted by Gasteiger charge is 2.19. The fraction of sp³-hybridized carbons (Fsp3) is 0.250. The largest absolute Gasteiger partial charge is 0.220 e. The van der Waals surface area contributed by atoms with Gasteiger partial charge in [0.1, 0.15) is 7.05 Å². The van der Waals surface area contributed by atoms with Gasteiger partial charge in [-0.25, -0.2) is 4.57 Å². The summed E-state index contributed by atoms with van der Waals surface area (Å²) in [4.78, 5) is 0. The van der Waals surface area contributed by atoms with Gasteiger partial charge in [-0.2, -0.15) is 0 Å². The predicted octanol–water partition coefficient (Wildman–Crippen LogP) is 6.90. The maximum atomic E-state index is 2.36. The molecule has 0 unspecified atom stereocenters. The Bertz CT molecular complexity index is 1160. The van der Waals surface area contributed by atoms with Crippen molar-refractivity contribution in [2.24, 2.45) is 12.5 Å². The Kier molecular flexibility index (Phi) is 5.00. The first kappa shape index (κ1) is 19.4. The number of pyridine rings is 1. The monoisotopic (exact) mass is 380 g/mol. The van der Waals surface area contributed by atoms with Gasteiger partial charge in [0, 0.05) is 11.6 Å². The summed E-state index contributed by atoms with van der Waals surface area (Å²) in [5.74, 6) is 0. The van der Waals surface area contributed by atoms with Gasteiger partial charge in [0.2, 0.25) is 5.69 Å². The third-order valence-electron chi connectivity index (χ3n) is 5.52. The van der Waals surface area contributed by atoms with Gasteiger partial charge >= 0.3 is 0 Å². The number of rotatable bonds is 3. The zero-order chi connectivity index (χ0) is 20.6. The van der Waals surface area contributed by atoms with Gasteiger partial charge in [-0.15, -0.1) is 0 Å². The molecule has 0 aliphatic carbocycles. The van der Waals surface area contributed by atoms with Crippen molar-refractivity contribution in [2.45, 2.75) is 34.1 Å². The van der Waals surface area contributed by atoms with Crippen LogP contribution in [0.4, 0.5) is 0 Å². The lowest BCUT2D eigenvalue weighted by Gasteiger charge is -2.18. The first-order valence-corrected chi connectivity index (χ1v) is 10.4. The topological polar surface area (TPSA) is 3.88 Å². The van der Waals surface area contributed by atoms with E-state index in [0.29, 0.717) is 5.41 Å². The molecule has 0 fully saturated rings. The summed E-state index contributed by atoms with van der Waals surface area (Å²) >= 11 is 0. The average molecular weight is 381 g/mol. The molecular weight excluding hydrogens is 350 g/mol. The summed E-state index contributed by atoms with van der Waals surface area (Å²) < 4.78 is 2.25. The maximum Gasteiger partial charge on any atom is 0.220 e. The van der Waals surface area contributed by atoms with E-state index in [1.54, 1.807) is 0 Å². The molecule has 146 valence electrons. The van der Waals surface area contributed by atoms with Crippen molar-refractivity contribution in [1.29, 1.82) is 0 Å². The third-order valence-corrected chi connectivity index (χ3v) is 5.52. The fourth-order valence-corrected chi connectivity index (χ4v) is 4.22. The lowest BCUT2D eigenvalue weighted by molar-refractivity contribution is -0.659. The van der Waals surface area contributed by atoms with E-state index in [-0.39, 0.29) is 0 Å². The molecule has 0 spiro atoms. The highest BCUT2D eigenvalue weighted by Crippen LogP contribution is 2.32. The Hall–Kier alpha value is -2.93. The molecule has 0 amide bonds. The summed E-state index contributed by atoms with van der Waals surface area (Å²) in [6, 6.07) is 26.6. The van der Waals surface area contributed by atoms with Crippen molar-refractivity contribution >= 4 is 10.8 Å². The Balaban J connectivity index is 1.82. The molecule has 4 rings (SSSR count). The van der Waals surface area contributed by atoms with Crippen LogP contribution in [0.3, 0.4) is 0 Å². The van der Waals surface area contributed by atoms with Crippen molar-refractivity contribution in [3.8, 4) is 22.4 Å². The maximum absolute atomic E-state index is 2.36. The molecule has 0 bridgehead atoms. The quantitative estimate of drug-likeness (QED) is 0.341. The van der Waals surface area contributed by atoms with E-state index in [4.69, 9.17) is 0 Å². The average Bonchev–Trinajstić information content (AvgIpc) is 2.68. The molecule has 0 atom stereocenters. The molecular formula is C28H30N+. The highest BCUT2D eigenvalue weighted by molar-refractivity contribution is 5.94. The van der Waals surface area contributed by atoms with Crippen molar-refractivity contribution in [2.75, 3.05) is 0 Å². The van der Waals surface area contributed by atoms with Crippen LogP contribution >= 0.6 is 0 Å². The lowest BCUT2D eigenvalue weighted by Crippen LogP contribution is -2.30. The molecule has 1 heteroatoms. The molecule has 0 radical (unpaired) electrons. The van der Waals surface area contributed by atoms with Gasteiger partial charge in [-0.1, -0.05) is 75.4 Å². The Labute approximate surface area is 174 Å². The summed E-state index contributed by atoms with van der Waals surface area (Å²) in [5.41, 5.74) is 8.09. The number of nitrogens with zero attached hydrogens (tertiary/aromatic N) is 1. The second-order valence-corrected chi connectivity index (χ2v) is 9.33. The molecule has 1 aromatic heterocycles. The Morgan fingerprint density at radius 2 is 1.55 bits per heavy atom. The first-order valence-electron chi connectivity index (χ1n) is 10.4. The minimum absolute atomic E-state index is 0.291. The van der Waals surface area contributed by atoms with E-state index in [1.807, 2.05) is 0 Å². The third kappa shape index (κ3) is 4.10. The molecule has 1 nitrogen and oxygen atoms in total. The zero-order valence-corrected chi connectivity index (χ0v) is 18.2. The van der Waals surface area contributed by atoms with Gasteiger partial charge in [-0.3, -0.25) is 0 Å². The van der Waals surface area contributed by atoms with Crippen LogP contribution in [0.15, 0.2) is 79.0 Å². The minimum Gasteiger partial charge on any atom is -0.200 e. The van der Waals surface area contributed by atoms with Crippen LogP contribution in [0.5, 0.6) is 0 Å². The lowest BCUT2D eigenvalue weighted by atomic mass is 9.87. The molecule has 29 heavy (non-hydrogen) atoms. The van der Waals surface area contributed by atoms with Gasteiger partial charge < -0.3 is 0 Å². The number of hydrogen-bond donors (Lipinski definition) is 0. The van der Waals surface area contributed by atoms with E-state index >= 15 is 0 Å². The van der Waals surface area contributed by atoms with E-state index in [0.717, 1.165) is 6.42 Å². The molecule has 0 aliphatic rings. The molecule has 4 aromatic rings. The van der Waals surface area contributed by atoms with E-state index in [1.165, 1.54) is 44.3 Å². The second kappa shape index (κ2) is 7.48. The summed E-state index contributed by atoms with van der Waals surface area (Å²) in [6.07, 6.45) is 3.27. The van der Waals surface area contributed by atoms with E-state index < -0.39 is 0 Å².